The maximum atomic E-state index is 14.6. The van der Waals surface area contributed by atoms with Gasteiger partial charge in [0.15, 0.2) is 5.78 Å². The number of anilines is 1. The van der Waals surface area contributed by atoms with Gasteiger partial charge in [-0.05, 0) is 55.5 Å². The SMILES string of the molecule is CC(C)[C@@H]1CN(C(=O)[C@H](c2cc(N3CCN(C)CC3)ccc2C(N)=O)C2CCCCC2)[C@@H]2C(=O)CO[C@@H]21. The summed E-state index contributed by atoms with van der Waals surface area (Å²) in [5.41, 5.74) is 8.08. The third-order valence-electron chi connectivity index (χ3n) is 9.26. The maximum Gasteiger partial charge on any atom is 0.249 e. The molecule has 3 saturated heterocycles. The molecule has 37 heavy (non-hydrogen) atoms. The highest BCUT2D eigenvalue weighted by molar-refractivity contribution is 5.99. The van der Waals surface area contributed by atoms with Crippen LogP contribution in [0.1, 0.15) is 67.8 Å². The third kappa shape index (κ3) is 5.02. The molecule has 0 unspecified atom stereocenters. The number of likely N-dealkylation sites (N-methyl/N-ethyl adjacent to an activating group) is 1. The number of hydrogen-bond donors (Lipinski definition) is 1. The molecule has 8 heteroatoms. The molecule has 8 nitrogen and oxygen atoms in total. The van der Waals surface area contributed by atoms with E-state index in [0.29, 0.717) is 18.0 Å². The first-order valence-electron chi connectivity index (χ1n) is 14.1. The molecule has 2 amide bonds. The lowest BCUT2D eigenvalue weighted by molar-refractivity contribution is -0.139. The molecule has 5 rings (SSSR count). The smallest absolute Gasteiger partial charge is 0.249 e. The molecule has 0 spiro atoms. The molecule has 2 N–H and O–H groups in total. The number of nitrogens with zero attached hydrogens (tertiary/aromatic N) is 3. The zero-order valence-electron chi connectivity index (χ0n) is 22.5. The number of ketones is 1. The van der Waals surface area contributed by atoms with Crippen LogP contribution in [0.4, 0.5) is 5.69 Å². The predicted octanol–water partition coefficient (Wildman–Crippen LogP) is 2.65. The Hall–Kier alpha value is -2.45. The monoisotopic (exact) mass is 510 g/mol. The van der Waals surface area contributed by atoms with Crippen LogP contribution in [0.5, 0.6) is 0 Å². The molecule has 4 aliphatic rings. The van der Waals surface area contributed by atoms with Gasteiger partial charge < -0.3 is 25.2 Å². The van der Waals surface area contributed by atoms with Crippen LogP contribution in [0.3, 0.4) is 0 Å². The van der Waals surface area contributed by atoms with Gasteiger partial charge in [0.2, 0.25) is 11.8 Å². The van der Waals surface area contributed by atoms with E-state index in [0.717, 1.165) is 69.5 Å². The molecule has 3 aliphatic heterocycles. The van der Waals surface area contributed by atoms with E-state index in [2.05, 4.69) is 30.7 Å². The van der Waals surface area contributed by atoms with Gasteiger partial charge in [-0.2, -0.15) is 0 Å². The largest absolute Gasteiger partial charge is 0.369 e. The van der Waals surface area contributed by atoms with Gasteiger partial charge in [-0.15, -0.1) is 0 Å². The van der Waals surface area contributed by atoms with Gasteiger partial charge in [0.05, 0.1) is 12.0 Å². The fourth-order valence-corrected chi connectivity index (χ4v) is 7.04. The first-order chi connectivity index (χ1) is 17.8. The van der Waals surface area contributed by atoms with Crippen molar-refractivity contribution in [3.05, 3.63) is 29.3 Å². The lowest BCUT2D eigenvalue weighted by Crippen LogP contribution is -2.46. The molecule has 1 aromatic rings. The molecule has 1 saturated carbocycles. The summed E-state index contributed by atoms with van der Waals surface area (Å²) in [5, 5.41) is 0. The summed E-state index contributed by atoms with van der Waals surface area (Å²) < 4.78 is 5.92. The minimum absolute atomic E-state index is 0.00907. The molecule has 1 aliphatic carbocycles. The van der Waals surface area contributed by atoms with Crippen LogP contribution in [-0.4, -0.2) is 85.9 Å². The lowest BCUT2D eigenvalue weighted by atomic mass is 9.74. The molecule has 0 radical (unpaired) electrons. The van der Waals surface area contributed by atoms with Crippen molar-refractivity contribution in [3.8, 4) is 0 Å². The quantitative estimate of drug-likeness (QED) is 0.632. The number of piperazine rings is 1. The molecule has 1 aromatic carbocycles. The number of rotatable bonds is 6. The summed E-state index contributed by atoms with van der Waals surface area (Å²) in [7, 11) is 2.12. The Labute approximate surface area is 220 Å². The van der Waals surface area contributed by atoms with Crippen LogP contribution in [0.15, 0.2) is 18.2 Å². The Bertz CT molecular complexity index is 1030. The number of amides is 2. The number of fused-ring (bicyclic) bond motifs is 1. The zero-order valence-corrected chi connectivity index (χ0v) is 22.5. The standard InChI is InChI=1S/C29H42N4O4/c1-18(2)23-16-33(26-24(34)17-37-27(23)26)29(36)25(19-7-5-4-6-8-19)22-15-20(9-10-21(22)28(30)35)32-13-11-31(3)12-14-32/h9-10,15,18-19,23,25-27H,4-8,11-14,16-17H2,1-3H3,(H2,30,35)/t23-,25-,26+,27+/m0/s1. The molecule has 3 heterocycles. The van der Waals surface area contributed by atoms with Crippen molar-refractivity contribution in [2.24, 2.45) is 23.5 Å². The number of Topliss-reactive ketones (excluding diaryl/α,β-unsaturated/α-hetero) is 1. The fourth-order valence-electron chi connectivity index (χ4n) is 7.04. The van der Waals surface area contributed by atoms with E-state index in [1.807, 2.05) is 18.2 Å². The van der Waals surface area contributed by atoms with Gasteiger partial charge in [0, 0.05) is 49.9 Å². The number of likely N-dealkylation sites (tertiary alicyclic amines) is 1. The number of ether oxygens (including phenoxy) is 1. The second kappa shape index (κ2) is 10.7. The van der Waals surface area contributed by atoms with E-state index >= 15 is 0 Å². The molecule has 4 fully saturated rings. The Morgan fingerprint density at radius 2 is 1.76 bits per heavy atom. The van der Waals surface area contributed by atoms with Gasteiger partial charge in [0.25, 0.3) is 0 Å². The van der Waals surface area contributed by atoms with Gasteiger partial charge in [-0.25, -0.2) is 0 Å². The molecule has 4 atom stereocenters. The minimum atomic E-state index is -0.524. The van der Waals surface area contributed by atoms with Gasteiger partial charge >= 0.3 is 0 Å². The van der Waals surface area contributed by atoms with Crippen LogP contribution in [-0.2, 0) is 14.3 Å². The highest BCUT2D eigenvalue weighted by Crippen LogP contribution is 2.43. The highest BCUT2D eigenvalue weighted by Gasteiger charge is 2.54. The van der Waals surface area contributed by atoms with Gasteiger partial charge in [-0.1, -0.05) is 33.1 Å². The Kier molecular flexibility index (Phi) is 7.59. The topological polar surface area (TPSA) is 96.2 Å². The van der Waals surface area contributed by atoms with Gasteiger partial charge in [0.1, 0.15) is 12.6 Å². The molecule has 0 aromatic heterocycles. The van der Waals surface area contributed by atoms with E-state index < -0.39 is 17.9 Å². The summed E-state index contributed by atoms with van der Waals surface area (Å²) in [6.45, 7) is 8.57. The first kappa shape index (κ1) is 26.2. The molecule has 202 valence electrons. The summed E-state index contributed by atoms with van der Waals surface area (Å²) in [5.74, 6) is -0.502. The highest BCUT2D eigenvalue weighted by atomic mass is 16.5. The fraction of sp³-hybridized carbons (Fsp3) is 0.690. The van der Waals surface area contributed by atoms with Crippen LogP contribution >= 0.6 is 0 Å². The lowest BCUT2D eigenvalue weighted by Gasteiger charge is -2.37. The number of hydrogen-bond acceptors (Lipinski definition) is 6. The summed E-state index contributed by atoms with van der Waals surface area (Å²) in [4.78, 5) is 46.6. The predicted molar refractivity (Wildman–Crippen MR) is 143 cm³/mol. The Morgan fingerprint density at radius 1 is 1.05 bits per heavy atom. The van der Waals surface area contributed by atoms with E-state index in [-0.39, 0.29) is 36.2 Å². The zero-order chi connectivity index (χ0) is 26.3. The minimum Gasteiger partial charge on any atom is -0.369 e. The normalized spacial score (nSPS) is 28.1. The first-order valence-corrected chi connectivity index (χ1v) is 14.1. The second-order valence-corrected chi connectivity index (χ2v) is 11.9. The Balaban J connectivity index is 1.55. The van der Waals surface area contributed by atoms with Crippen molar-refractivity contribution in [1.82, 2.24) is 9.80 Å². The number of carbonyl (C=O) groups is 3. The number of carbonyl (C=O) groups excluding carboxylic acids is 3. The second-order valence-electron chi connectivity index (χ2n) is 11.9. The average molecular weight is 511 g/mol. The van der Waals surface area contributed by atoms with Crippen molar-refractivity contribution >= 4 is 23.3 Å². The van der Waals surface area contributed by atoms with Crippen molar-refractivity contribution in [2.45, 2.75) is 64.0 Å². The van der Waals surface area contributed by atoms with E-state index in [4.69, 9.17) is 10.5 Å². The molecule has 0 bridgehead atoms. The molecular formula is C29H42N4O4. The summed E-state index contributed by atoms with van der Waals surface area (Å²) in [6.07, 6.45) is 4.94. The van der Waals surface area contributed by atoms with Crippen LogP contribution in [0, 0.1) is 17.8 Å². The van der Waals surface area contributed by atoms with Crippen molar-refractivity contribution in [2.75, 3.05) is 51.3 Å². The number of primary amides is 1. The maximum absolute atomic E-state index is 14.6. The number of nitrogens with two attached hydrogens (primary N) is 1. The van der Waals surface area contributed by atoms with E-state index in [1.54, 1.807) is 4.90 Å². The van der Waals surface area contributed by atoms with E-state index in [9.17, 15) is 14.4 Å². The summed E-state index contributed by atoms with van der Waals surface area (Å²) >= 11 is 0. The summed E-state index contributed by atoms with van der Waals surface area (Å²) in [6, 6.07) is 5.29. The molecular weight excluding hydrogens is 468 g/mol. The van der Waals surface area contributed by atoms with Crippen molar-refractivity contribution < 1.29 is 19.1 Å². The van der Waals surface area contributed by atoms with Crippen LogP contribution in [0.2, 0.25) is 0 Å². The van der Waals surface area contributed by atoms with Crippen LogP contribution < -0.4 is 10.6 Å². The van der Waals surface area contributed by atoms with Crippen LogP contribution in [0.25, 0.3) is 0 Å². The Morgan fingerprint density at radius 3 is 2.41 bits per heavy atom. The van der Waals surface area contributed by atoms with Gasteiger partial charge in [-0.3, -0.25) is 14.4 Å². The third-order valence-corrected chi connectivity index (χ3v) is 9.26. The van der Waals surface area contributed by atoms with Crippen molar-refractivity contribution in [1.29, 1.82) is 0 Å². The number of benzene rings is 1. The average Bonchev–Trinajstić information content (AvgIpc) is 3.46. The van der Waals surface area contributed by atoms with Crippen molar-refractivity contribution in [3.63, 3.8) is 0 Å². The van der Waals surface area contributed by atoms with E-state index in [1.165, 1.54) is 0 Å².